The lowest BCUT2D eigenvalue weighted by molar-refractivity contribution is -0.117. The van der Waals surface area contributed by atoms with Gasteiger partial charge in [-0.3, -0.25) is 9.59 Å². The van der Waals surface area contributed by atoms with Crippen molar-refractivity contribution in [3.05, 3.63) is 65.5 Å². The molecule has 4 rings (SSSR count). The maximum atomic E-state index is 12.5. The first kappa shape index (κ1) is 17.4. The number of nitrogens with one attached hydrogen (secondary N) is 2. The summed E-state index contributed by atoms with van der Waals surface area (Å²) in [4.78, 5) is 28.1. The van der Waals surface area contributed by atoms with Gasteiger partial charge in [0.05, 0.1) is 5.69 Å². The van der Waals surface area contributed by atoms with Gasteiger partial charge in [-0.25, -0.2) is 4.98 Å². The summed E-state index contributed by atoms with van der Waals surface area (Å²) in [6, 6.07) is 17.6. The van der Waals surface area contributed by atoms with Gasteiger partial charge in [-0.1, -0.05) is 42.5 Å². The molecule has 1 heterocycles. The molecule has 2 N–H and O–H groups in total. The molecule has 1 saturated carbocycles. The van der Waals surface area contributed by atoms with Crippen LogP contribution in [0.1, 0.15) is 24.8 Å². The molecule has 1 aliphatic rings. The fraction of sp³-hybridized carbons (Fsp3) is 0.190. The standard InChI is InChI=1S/C21H19N3O2S/c1-13(25)22-16-9-7-15(8-10-16)19-12-27-21(23-19)24-20(26)18-11-17(18)14-5-3-2-4-6-14/h2-10,12,17-18H,11H2,1H3,(H,22,25)(H,23,24,26). The molecule has 0 radical (unpaired) electrons. The minimum absolute atomic E-state index is 0.0247. The fourth-order valence-corrected chi connectivity index (χ4v) is 3.87. The van der Waals surface area contributed by atoms with Gasteiger partial charge in [-0.2, -0.15) is 0 Å². The summed E-state index contributed by atoms with van der Waals surface area (Å²) < 4.78 is 0. The zero-order chi connectivity index (χ0) is 18.8. The quantitative estimate of drug-likeness (QED) is 0.687. The lowest BCUT2D eigenvalue weighted by atomic mass is 10.1. The van der Waals surface area contributed by atoms with Crippen molar-refractivity contribution in [3.8, 4) is 11.3 Å². The summed E-state index contributed by atoms with van der Waals surface area (Å²) in [6.07, 6.45) is 0.888. The van der Waals surface area contributed by atoms with Crippen LogP contribution in [0.25, 0.3) is 11.3 Å². The molecule has 0 bridgehead atoms. The molecule has 2 atom stereocenters. The van der Waals surface area contributed by atoms with Gasteiger partial charge in [0, 0.05) is 29.5 Å². The van der Waals surface area contributed by atoms with Crippen molar-refractivity contribution >= 4 is 34.0 Å². The maximum absolute atomic E-state index is 12.5. The van der Waals surface area contributed by atoms with E-state index in [1.807, 2.05) is 47.8 Å². The van der Waals surface area contributed by atoms with Crippen molar-refractivity contribution in [2.45, 2.75) is 19.3 Å². The van der Waals surface area contributed by atoms with Crippen LogP contribution in [0.3, 0.4) is 0 Å². The number of carbonyl (C=O) groups is 2. The number of rotatable bonds is 5. The first-order valence-electron chi connectivity index (χ1n) is 8.79. The highest BCUT2D eigenvalue weighted by Gasteiger charge is 2.44. The van der Waals surface area contributed by atoms with E-state index in [9.17, 15) is 9.59 Å². The molecule has 0 saturated heterocycles. The highest BCUT2D eigenvalue weighted by atomic mass is 32.1. The van der Waals surface area contributed by atoms with Crippen LogP contribution in [0.5, 0.6) is 0 Å². The summed E-state index contributed by atoms with van der Waals surface area (Å²) in [5.74, 6) is 0.268. The van der Waals surface area contributed by atoms with Gasteiger partial charge in [0.25, 0.3) is 0 Å². The van der Waals surface area contributed by atoms with Gasteiger partial charge in [0.1, 0.15) is 0 Å². The number of nitrogens with zero attached hydrogens (tertiary/aromatic N) is 1. The van der Waals surface area contributed by atoms with E-state index >= 15 is 0 Å². The van der Waals surface area contributed by atoms with Gasteiger partial charge < -0.3 is 10.6 Å². The second kappa shape index (κ2) is 7.32. The maximum Gasteiger partial charge on any atom is 0.229 e. The minimum atomic E-state index is -0.102. The van der Waals surface area contributed by atoms with Gasteiger partial charge in [-0.05, 0) is 30.0 Å². The highest BCUT2D eigenvalue weighted by Crippen LogP contribution is 2.48. The van der Waals surface area contributed by atoms with Gasteiger partial charge in [0.15, 0.2) is 5.13 Å². The second-order valence-corrected chi connectivity index (χ2v) is 7.50. The van der Waals surface area contributed by atoms with E-state index in [1.54, 1.807) is 0 Å². The predicted octanol–water partition coefficient (Wildman–Crippen LogP) is 4.51. The Morgan fingerprint density at radius 1 is 1.04 bits per heavy atom. The molecule has 0 aliphatic heterocycles. The fourth-order valence-electron chi connectivity index (χ4n) is 3.14. The van der Waals surface area contributed by atoms with Crippen LogP contribution in [-0.4, -0.2) is 16.8 Å². The van der Waals surface area contributed by atoms with Crippen LogP contribution < -0.4 is 10.6 Å². The smallest absolute Gasteiger partial charge is 0.229 e. The Labute approximate surface area is 161 Å². The topological polar surface area (TPSA) is 71.1 Å². The summed E-state index contributed by atoms with van der Waals surface area (Å²) in [5.41, 5.74) is 3.71. The van der Waals surface area contributed by atoms with Crippen molar-refractivity contribution in [1.82, 2.24) is 4.98 Å². The third kappa shape index (κ3) is 4.06. The van der Waals surface area contributed by atoms with Gasteiger partial charge in [-0.15, -0.1) is 11.3 Å². The monoisotopic (exact) mass is 377 g/mol. The Balaban J connectivity index is 1.38. The molecule has 6 heteroatoms. The molecule has 1 aromatic heterocycles. The van der Waals surface area contributed by atoms with Crippen LogP contribution in [0.4, 0.5) is 10.8 Å². The van der Waals surface area contributed by atoms with Crippen molar-refractivity contribution in [3.63, 3.8) is 0 Å². The summed E-state index contributed by atoms with van der Waals surface area (Å²) >= 11 is 1.42. The molecule has 2 amide bonds. The Kier molecular flexibility index (Phi) is 4.73. The molecule has 27 heavy (non-hydrogen) atoms. The summed E-state index contributed by atoms with van der Waals surface area (Å²) in [5, 5.41) is 8.21. The van der Waals surface area contributed by atoms with Crippen LogP contribution in [0.15, 0.2) is 60.0 Å². The van der Waals surface area contributed by atoms with E-state index in [1.165, 1.54) is 23.8 Å². The van der Waals surface area contributed by atoms with Crippen molar-refractivity contribution in [1.29, 1.82) is 0 Å². The molecule has 1 aliphatic carbocycles. The number of anilines is 2. The number of amides is 2. The summed E-state index contributed by atoms with van der Waals surface area (Å²) in [7, 11) is 0. The molecule has 1 fully saturated rings. The molecule has 2 aromatic carbocycles. The lowest BCUT2D eigenvalue weighted by Gasteiger charge is -2.03. The van der Waals surface area contributed by atoms with Crippen molar-refractivity contribution in [2.75, 3.05) is 10.6 Å². The zero-order valence-electron chi connectivity index (χ0n) is 14.8. The summed E-state index contributed by atoms with van der Waals surface area (Å²) in [6.45, 7) is 1.48. The first-order valence-corrected chi connectivity index (χ1v) is 9.67. The van der Waals surface area contributed by atoms with Crippen molar-refractivity contribution in [2.24, 2.45) is 5.92 Å². The number of hydrogen-bond donors (Lipinski definition) is 2. The normalized spacial score (nSPS) is 18.0. The Morgan fingerprint density at radius 2 is 1.78 bits per heavy atom. The first-order chi connectivity index (χ1) is 13.1. The average molecular weight is 377 g/mol. The van der Waals surface area contributed by atoms with Gasteiger partial charge >= 0.3 is 0 Å². The number of thiazole rings is 1. The molecular weight excluding hydrogens is 358 g/mol. The number of aromatic nitrogens is 1. The number of hydrogen-bond acceptors (Lipinski definition) is 4. The number of carbonyl (C=O) groups excluding carboxylic acids is 2. The Bertz CT molecular complexity index is 967. The Hall–Kier alpha value is -2.99. The third-order valence-corrected chi connectivity index (χ3v) is 5.35. The average Bonchev–Trinajstić information content (AvgIpc) is 3.35. The largest absolute Gasteiger partial charge is 0.326 e. The lowest BCUT2D eigenvalue weighted by Crippen LogP contribution is -2.14. The van der Waals surface area contributed by atoms with Crippen molar-refractivity contribution < 1.29 is 9.59 Å². The Morgan fingerprint density at radius 3 is 2.48 bits per heavy atom. The van der Waals surface area contributed by atoms with Crippen LogP contribution in [-0.2, 0) is 9.59 Å². The predicted molar refractivity (Wildman–Crippen MR) is 108 cm³/mol. The van der Waals surface area contributed by atoms with E-state index < -0.39 is 0 Å². The van der Waals surface area contributed by atoms with Crippen LogP contribution >= 0.6 is 11.3 Å². The van der Waals surface area contributed by atoms with E-state index in [-0.39, 0.29) is 17.7 Å². The molecule has 2 unspecified atom stereocenters. The van der Waals surface area contributed by atoms with E-state index in [0.717, 1.165) is 23.4 Å². The molecule has 5 nitrogen and oxygen atoms in total. The van der Waals surface area contributed by atoms with E-state index in [0.29, 0.717) is 11.0 Å². The molecule has 0 spiro atoms. The second-order valence-electron chi connectivity index (χ2n) is 6.65. The van der Waals surface area contributed by atoms with E-state index in [2.05, 4.69) is 27.8 Å². The molecule has 136 valence electrons. The van der Waals surface area contributed by atoms with E-state index in [4.69, 9.17) is 0 Å². The molecular formula is C21H19N3O2S. The van der Waals surface area contributed by atoms with Crippen LogP contribution in [0, 0.1) is 5.92 Å². The SMILES string of the molecule is CC(=O)Nc1ccc(-c2csc(NC(=O)C3CC3c3ccccc3)n2)cc1. The third-order valence-electron chi connectivity index (χ3n) is 4.59. The zero-order valence-corrected chi connectivity index (χ0v) is 15.6. The van der Waals surface area contributed by atoms with Crippen LogP contribution in [0.2, 0.25) is 0 Å². The number of benzene rings is 2. The van der Waals surface area contributed by atoms with Gasteiger partial charge in [0.2, 0.25) is 11.8 Å². The minimum Gasteiger partial charge on any atom is -0.326 e. The molecule has 3 aromatic rings. The highest BCUT2D eigenvalue weighted by molar-refractivity contribution is 7.14.